The van der Waals surface area contributed by atoms with Gasteiger partial charge in [0.2, 0.25) is 0 Å². The third-order valence-electron chi connectivity index (χ3n) is 6.05. The second-order valence-electron chi connectivity index (χ2n) is 8.13. The Hall–Kier alpha value is -2.40. The Morgan fingerprint density at radius 2 is 1.45 bits per heavy atom. The lowest BCUT2D eigenvalue weighted by Crippen LogP contribution is -2.53. The number of carbonyl (C=O) groups excluding carboxylic acids is 1. The van der Waals surface area contributed by atoms with Crippen LogP contribution in [0.2, 0.25) is 0 Å². The fourth-order valence-electron chi connectivity index (χ4n) is 4.48. The van der Waals surface area contributed by atoms with Crippen molar-refractivity contribution in [2.45, 2.75) is 61.4 Å². The summed E-state index contributed by atoms with van der Waals surface area (Å²) in [7, 11) is 0. The molecule has 33 heavy (non-hydrogen) atoms. The first-order valence-corrected chi connectivity index (χ1v) is 11.1. The van der Waals surface area contributed by atoms with Gasteiger partial charge < -0.3 is 10.4 Å². The number of nitrogens with one attached hydrogen (secondary N) is 2. The van der Waals surface area contributed by atoms with Gasteiger partial charge in [0.15, 0.2) is 0 Å². The number of hydrogen-bond acceptors (Lipinski definition) is 3. The number of anilines is 1. The summed E-state index contributed by atoms with van der Waals surface area (Å²) in [5.41, 5.74) is -1.09. The molecule has 0 saturated carbocycles. The summed E-state index contributed by atoms with van der Waals surface area (Å²) in [5.74, 6) is 0. The normalized spacial score (nSPS) is 15.8. The molecule has 0 bridgehead atoms. The summed E-state index contributed by atoms with van der Waals surface area (Å²) in [5, 5.41) is 12.4. The van der Waals surface area contributed by atoms with Gasteiger partial charge in [-0.05, 0) is 84.9 Å². The first kappa shape index (κ1) is 23.7. The van der Waals surface area contributed by atoms with Crippen LogP contribution < -0.4 is 10.0 Å². The molecule has 0 aliphatic heterocycles. The number of halogens is 6. The summed E-state index contributed by atoms with van der Waals surface area (Å²) in [4.78, 5) is 12.4. The van der Waals surface area contributed by atoms with E-state index in [-0.39, 0.29) is 4.90 Å². The summed E-state index contributed by atoms with van der Waals surface area (Å²) in [6.07, 6.45) is -6.46. The molecule has 11 heteroatoms. The van der Waals surface area contributed by atoms with Gasteiger partial charge in [0.05, 0.1) is 0 Å². The van der Waals surface area contributed by atoms with Crippen molar-refractivity contribution in [1.29, 1.82) is 0 Å². The number of hydrogen-bond donors (Lipinski definition) is 3. The number of rotatable bonds is 4. The molecular weight excluding hydrogens is 470 g/mol. The molecule has 178 valence electrons. The van der Waals surface area contributed by atoms with Crippen molar-refractivity contribution < 1.29 is 36.2 Å². The Morgan fingerprint density at radius 3 is 2.00 bits per heavy atom. The summed E-state index contributed by atoms with van der Waals surface area (Å²) in [6.45, 7) is 0. The van der Waals surface area contributed by atoms with Gasteiger partial charge in [-0.2, -0.15) is 26.3 Å². The highest BCUT2D eigenvalue weighted by molar-refractivity contribution is 7.98. The van der Waals surface area contributed by atoms with Crippen molar-refractivity contribution in [3.63, 3.8) is 0 Å². The van der Waals surface area contributed by atoms with Crippen LogP contribution in [0.5, 0.6) is 0 Å². The molecule has 2 amide bonds. The van der Waals surface area contributed by atoms with Crippen LogP contribution >= 0.6 is 11.9 Å². The second-order valence-corrected chi connectivity index (χ2v) is 9.01. The fraction of sp³-hybridized carbons (Fsp3) is 0.409. The largest absolute Gasteiger partial charge is 0.430 e. The minimum Gasteiger partial charge on any atom is -0.369 e. The average molecular weight is 490 g/mol. The van der Waals surface area contributed by atoms with E-state index in [2.05, 4.69) is 16.1 Å². The van der Waals surface area contributed by atoms with Crippen molar-refractivity contribution >= 4 is 23.7 Å². The number of fused-ring (bicyclic) bond motifs is 2. The predicted molar refractivity (Wildman–Crippen MR) is 111 cm³/mol. The average Bonchev–Trinajstić information content (AvgIpc) is 3.39. The van der Waals surface area contributed by atoms with Crippen molar-refractivity contribution in [2.24, 2.45) is 0 Å². The zero-order valence-electron chi connectivity index (χ0n) is 17.2. The Labute approximate surface area is 189 Å². The highest BCUT2D eigenvalue weighted by Crippen LogP contribution is 2.50. The van der Waals surface area contributed by atoms with E-state index in [1.807, 2.05) is 0 Å². The van der Waals surface area contributed by atoms with Crippen LogP contribution in [0.4, 0.5) is 36.8 Å². The van der Waals surface area contributed by atoms with Crippen LogP contribution in [0.1, 0.15) is 40.7 Å². The second kappa shape index (κ2) is 8.43. The molecule has 0 saturated heterocycles. The maximum Gasteiger partial charge on any atom is 0.430 e. The van der Waals surface area contributed by atoms with Gasteiger partial charge in [0.1, 0.15) is 0 Å². The van der Waals surface area contributed by atoms with Crippen LogP contribution in [0.25, 0.3) is 0 Å². The number of aryl methyl sites for hydroxylation is 2. The summed E-state index contributed by atoms with van der Waals surface area (Å²) < 4.78 is 81.2. The third-order valence-corrected chi connectivity index (χ3v) is 6.82. The lowest BCUT2D eigenvalue weighted by atomic mass is 9.92. The minimum atomic E-state index is -5.98. The van der Waals surface area contributed by atoms with Gasteiger partial charge in [-0.1, -0.05) is 18.2 Å². The molecule has 0 atom stereocenters. The Balaban J connectivity index is 1.51. The zero-order valence-corrected chi connectivity index (χ0v) is 18.0. The zero-order chi connectivity index (χ0) is 24.0. The third kappa shape index (κ3) is 4.28. The standard InChI is InChI=1S/C22H20F6N2O2S/c23-21(24,25)20(32,22(26,27)28)14-6-3-7-15(11-14)33-30-19(31)29-18-16-8-1-4-12(16)10-13-5-2-9-17(13)18/h3,6-7,10-11,32H,1-2,4-5,8-9H2,(H2,29,30,31). The van der Waals surface area contributed by atoms with E-state index in [9.17, 15) is 36.2 Å². The number of alkyl halides is 6. The molecule has 2 aliphatic carbocycles. The smallest absolute Gasteiger partial charge is 0.369 e. The molecule has 0 radical (unpaired) electrons. The molecule has 2 aromatic rings. The van der Waals surface area contributed by atoms with Crippen molar-refractivity contribution in [3.8, 4) is 0 Å². The van der Waals surface area contributed by atoms with Gasteiger partial charge in [-0.15, -0.1) is 0 Å². The fourth-order valence-corrected chi connectivity index (χ4v) is 5.08. The van der Waals surface area contributed by atoms with Gasteiger partial charge in [-0.25, -0.2) is 4.79 Å². The van der Waals surface area contributed by atoms with Crippen LogP contribution in [0, 0.1) is 0 Å². The summed E-state index contributed by atoms with van der Waals surface area (Å²) >= 11 is 0.558. The molecule has 3 N–H and O–H groups in total. The molecule has 2 aromatic carbocycles. The van der Waals surface area contributed by atoms with Crippen molar-refractivity contribution in [3.05, 3.63) is 58.1 Å². The van der Waals surface area contributed by atoms with E-state index in [0.29, 0.717) is 24.1 Å². The first-order chi connectivity index (χ1) is 15.4. The molecule has 4 rings (SSSR count). The van der Waals surface area contributed by atoms with Crippen molar-refractivity contribution in [1.82, 2.24) is 4.72 Å². The Bertz CT molecular complexity index is 1040. The van der Waals surface area contributed by atoms with E-state index in [1.165, 1.54) is 17.2 Å². The minimum absolute atomic E-state index is 0.0990. The van der Waals surface area contributed by atoms with E-state index in [4.69, 9.17) is 0 Å². The monoisotopic (exact) mass is 490 g/mol. The van der Waals surface area contributed by atoms with E-state index in [0.717, 1.165) is 61.4 Å². The quantitative estimate of drug-likeness (QED) is 0.375. The molecule has 0 heterocycles. The lowest BCUT2D eigenvalue weighted by Gasteiger charge is -2.32. The molecule has 2 aliphatic rings. The van der Waals surface area contributed by atoms with E-state index in [1.54, 1.807) is 0 Å². The Morgan fingerprint density at radius 1 is 0.879 bits per heavy atom. The van der Waals surface area contributed by atoms with Gasteiger partial charge >= 0.3 is 18.4 Å². The maximum atomic E-state index is 13.1. The van der Waals surface area contributed by atoms with Crippen LogP contribution in [-0.2, 0) is 31.3 Å². The summed E-state index contributed by atoms with van der Waals surface area (Å²) in [6, 6.07) is 4.85. The molecular formula is C22H20F6N2O2S. The highest BCUT2D eigenvalue weighted by atomic mass is 32.2. The topological polar surface area (TPSA) is 61.4 Å². The molecule has 4 nitrogen and oxygen atoms in total. The van der Waals surface area contributed by atoms with Gasteiger partial charge in [-0.3, -0.25) is 4.72 Å². The lowest BCUT2D eigenvalue weighted by molar-refractivity contribution is -0.376. The number of urea groups is 1. The highest BCUT2D eigenvalue weighted by Gasteiger charge is 2.71. The molecule has 0 unspecified atom stereocenters. The van der Waals surface area contributed by atoms with E-state index >= 15 is 0 Å². The first-order valence-electron chi connectivity index (χ1n) is 10.3. The van der Waals surface area contributed by atoms with Gasteiger partial charge in [0, 0.05) is 16.1 Å². The molecule has 0 aromatic heterocycles. The number of benzene rings is 2. The molecule has 0 spiro atoms. The SMILES string of the molecule is O=C(NSc1cccc(C(O)(C(F)(F)F)C(F)(F)F)c1)Nc1c2c(cc3c1CCC3)CCC2. The number of aliphatic hydroxyl groups is 1. The predicted octanol–water partition coefficient (Wildman–Crippen LogP) is 5.81. The van der Waals surface area contributed by atoms with Crippen molar-refractivity contribution in [2.75, 3.05) is 5.32 Å². The number of carbonyl (C=O) groups is 1. The number of amides is 2. The van der Waals surface area contributed by atoms with Gasteiger partial charge in [0.25, 0.3) is 5.60 Å². The maximum absolute atomic E-state index is 13.1. The molecule has 0 fully saturated rings. The van der Waals surface area contributed by atoms with E-state index < -0.39 is 29.5 Å². The Kier molecular flexibility index (Phi) is 6.06. The van der Waals surface area contributed by atoms with Crippen LogP contribution in [-0.4, -0.2) is 23.5 Å². The van der Waals surface area contributed by atoms with Crippen LogP contribution in [0.15, 0.2) is 35.2 Å². The van der Waals surface area contributed by atoms with Crippen LogP contribution in [0.3, 0.4) is 0 Å².